The molecule has 3 aromatic rings. The number of rotatable bonds is 5. The van der Waals surface area contributed by atoms with Crippen LogP contribution in [-0.4, -0.2) is 28.2 Å². The highest BCUT2D eigenvalue weighted by molar-refractivity contribution is 7.92. The Morgan fingerprint density at radius 1 is 1.17 bits per heavy atom. The lowest BCUT2D eigenvalue weighted by Crippen LogP contribution is -2.14. The summed E-state index contributed by atoms with van der Waals surface area (Å²) >= 11 is 0. The van der Waals surface area contributed by atoms with E-state index in [1.807, 2.05) is 37.3 Å². The van der Waals surface area contributed by atoms with E-state index in [0.29, 0.717) is 12.2 Å². The molecular formula is C16H17N5O2S. The maximum Gasteiger partial charge on any atom is 0.266 e. The van der Waals surface area contributed by atoms with E-state index in [-0.39, 0.29) is 10.7 Å². The fraction of sp³-hybridized carbons (Fsp3) is 0.188. The van der Waals surface area contributed by atoms with E-state index in [1.165, 1.54) is 17.1 Å². The summed E-state index contributed by atoms with van der Waals surface area (Å²) in [4.78, 5) is 8.44. The first-order valence-corrected chi connectivity index (χ1v) is 8.94. The number of aryl methyl sites for hydroxylation is 2. The summed E-state index contributed by atoms with van der Waals surface area (Å²) in [6, 6.07) is 10.9. The van der Waals surface area contributed by atoms with E-state index in [2.05, 4.69) is 19.8 Å². The number of nitrogens with zero attached hydrogens (tertiary/aromatic N) is 4. The fourth-order valence-electron chi connectivity index (χ4n) is 2.23. The average molecular weight is 343 g/mol. The molecule has 0 amide bonds. The Balaban J connectivity index is 1.89. The van der Waals surface area contributed by atoms with Crippen molar-refractivity contribution in [3.8, 4) is 5.69 Å². The molecule has 24 heavy (non-hydrogen) atoms. The number of hydrogen-bond donors (Lipinski definition) is 1. The summed E-state index contributed by atoms with van der Waals surface area (Å²) in [5.74, 6) is 0.777. The molecule has 0 bridgehead atoms. The fourth-order valence-corrected chi connectivity index (χ4v) is 3.15. The maximum atomic E-state index is 12.5. The zero-order valence-electron chi connectivity index (χ0n) is 13.3. The highest BCUT2D eigenvalue weighted by Gasteiger charge is 2.18. The second-order valence-electron chi connectivity index (χ2n) is 5.21. The molecule has 2 heterocycles. The molecule has 1 aromatic carbocycles. The van der Waals surface area contributed by atoms with Gasteiger partial charge in [0, 0.05) is 11.8 Å². The first-order chi connectivity index (χ1) is 11.5. The molecule has 0 spiro atoms. The van der Waals surface area contributed by atoms with Crippen molar-refractivity contribution in [1.82, 2.24) is 19.7 Å². The first-order valence-electron chi connectivity index (χ1n) is 7.45. The van der Waals surface area contributed by atoms with Gasteiger partial charge in [0.25, 0.3) is 10.0 Å². The highest BCUT2D eigenvalue weighted by atomic mass is 32.2. The predicted molar refractivity (Wildman–Crippen MR) is 90.5 cm³/mol. The van der Waals surface area contributed by atoms with Crippen LogP contribution in [0.5, 0.6) is 0 Å². The molecule has 0 saturated carbocycles. The van der Waals surface area contributed by atoms with E-state index >= 15 is 0 Å². The minimum absolute atomic E-state index is 0.0701. The number of para-hydroxylation sites is 1. The van der Waals surface area contributed by atoms with Gasteiger partial charge in [-0.2, -0.15) is 5.10 Å². The SMILES string of the molecule is CCc1cc(NS(=O)(=O)c2cnn(-c3ccccc3)c2)nc(C)n1. The van der Waals surface area contributed by atoms with Gasteiger partial charge in [0.15, 0.2) is 0 Å². The minimum atomic E-state index is -3.77. The van der Waals surface area contributed by atoms with E-state index in [1.54, 1.807) is 13.0 Å². The van der Waals surface area contributed by atoms with Crippen LogP contribution in [0.15, 0.2) is 53.7 Å². The Hall–Kier alpha value is -2.74. The van der Waals surface area contributed by atoms with Crippen LogP contribution in [0.1, 0.15) is 18.4 Å². The summed E-state index contributed by atoms with van der Waals surface area (Å²) in [6.45, 7) is 3.67. The van der Waals surface area contributed by atoms with Gasteiger partial charge in [-0.3, -0.25) is 4.72 Å². The third-order valence-corrected chi connectivity index (χ3v) is 4.69. The van der Waals surface area contributed by atoms with Crippen LogP contribution in [0.4, 0.5) is 5.82 Å². The summed E-state index contributed by atoms with van der Waals surface area (Å²) < 4.78 is 29.1. The van der Waals surface area contributed by atoms with Crippen molar-refractivity contribution in [1.29, 1.82) is 0 Å². The molecule has 0 radical (unpaired) electrons. The zero-order chi connectivity index (χ0) is 17.2. The zero-order valence-corrected chi connectivity index (χ0v) is 14.2. The van der Waals surface area contributed by atoms with Gasteiger partial charge >= 0.3 is 0 Å². The Kier molecular flexibility index (Phi) is 4.30. The van der Waals surface area contributed by atoms with Gasteiger partial charge in [-0.05, 0) is 25.5 Å². The van der Waals surface area contributed by atoms with E-state index < -0.39 is 10.0 Å². The first kappa shape index (κ1) is 16.1. The van der Waals surface area contributed by atoms with Gasteiger partial charge in [-0.15, -0.1) is 0 Å². The van der Waals surface area contributed by atoms with E-state index in [0.717, 1.165) is 11.4 Å². The molecule has 0 fully saturated rings. The molecule has 0 saturated heterocycles. The minimum Gasteiger partial charge on any atom is -0.263 e. The number of sulfonamides is 1. The van der Waals surface area contributed by atoms with Crippen LogP contribution in [-0.2, 0) is 16.4 Å². The van der Waals surface area contributed by atoms with Crippen molar-refractivity contribution in [3.05, 3.63) is 60.3 Å². The molecule has 0 unspecified atom stereocenters. The van der Waals surface area contributed by atoms with Crippen molar-refractivity contribution in [2.45, 2.75) is 25.2 Å². The molecule has 0 aliphatic carbocycles. The van der Waals surface area contributed by atoms with Crippen LogP contribution in [0, 0.1) is 6.92 Å². The van der Waals surface area contributed by atoms with Crippen molar-refractivity contribution in [2.75, 3.05) is 4.72 Å². The number of aromatic nitrogens is 4. The van der Waals surface area contributed by atoms with Crippen molar-refractivity contribution in [2.24, 2.45) is 0 Å². The van der Waals surface area contributed by atoms with Crippen LogP contribution in [0.3, 0.4) is 0 Å². The van der Waals surface area contributed by atoms with Crippen LogP contribution in [0.25, 0.3) is 5.69 Å². The third-order valence-electron chi connectivity index (χ3n) is 3.38. The molecule has 0 aliphatic heterocycles. The smallest absolute Gasteiger partial charge is 0.263 e. The second kappa shape index (κ2) is 6.40. The van der Waals surface area contributed by atoms with Crippen molar-refractivity contribution < 1.29 is 8.42 Å². The monoisotopic (exact) mass is 343 g/mol. The lowest BCUT2D eigenvalue weighted by atomic mass is 10.3. The molecule has 1 N–H and O–H groups in total. The number of nitrogens with one attached hydrogen (secondary N) is 1. The van der Waals surface area contributed by atoms with Crippen LogP contribution < -0.4 is 4.72 Å². The third kappa shape index (κ3) is 3.43. The number of hydrogen-bond acceptors (Lipinski definition) is 5. The Morgan fingerprint density at radius 2 is 1.92 bits per heavy atom. The lowest BCUT2D eigenvalue weighted by molar-refractivity contribution is 0.601. The molecule has 8 heteroatoms. The summed E-state index contributed by atoms with van der Waals surface area (Å²) in [5, 5.41) is 4.11. The molecule has 124 valence electrons. The molecule has 3 rings (SSSR count). The largest absolute Gasteiger partial charge is 0.266 e. The quantitative estimate of drug-likeness (QED) is 0.768. The number of benzene rings is 1. The van der Waals surface area contributed by atoms with Crippen LogP contribution in [0.2, 0.25) is 0 Å². The van der Waals surface area contributed by atoms with Gasteiger partial charge in [0.05, 0.1) is 18.1 Å². The predicted octanol–water partition coefficient (Wildman–Crippen LogP) is 2.33. The summed E-state index contributed by atoms with van der Waals surface area (Å²) in [6.07, 6.45) is 3.47. The normalized spacial score (nSPS) is 11.4. The van der Waals surface area contributed by atoms with Gasteiger partial charge in [-0.25, -0.2) is 23.1 Å². The Labute approximate surface area is 140 Å². The Bertz CT molecular complexity index is 952. The average Bonchev–Trinajstić information content (AvgIpc) is 3.05. The van der Waals surface area contributed by atoms with E-state index in [4.69, 9.17) is 0 Å². The molecular weight excluding hydrogens is 326 g/mol. The van der Waals surface area contributed by atoms with Gasteiger partial charge in [0.1, 0.15) is 16.5 Å². The molecule has 0 aliphatic rings. The molecule has 7 nitrogen and oxygen atoms in total. The van der Waals surface area contributed by atoms with Gasteiger partial charge in [0.2, 0.25) is 0 Å². The summed E-state index contributed by atoms with van der Waals surface area (Å²) in [5.41, 5.74) is 1.56. The highest BCUT2D eigenvalue weighted by Crippen LogP contribution is 2.16. The van der Waals surface area contributed by atoms with Crippen molar-refractivity contribution in [3.63, 3.8) is 0 Å². The number of anilines is 1. The topological polar surface area (TPSA) is 89.8 Å². The lowest BCUT2D eigenvalue weighted by Gasteiger charge is -2.07. The molecule has 0 atom stereocenters. The van der Waals surface area contributed by atoms with Crippen molar-refractivity contribution >= 4 is 15.8 Å². The van der Waals surface area contributed by atoms with E-state index in [9.17, 15) is 8.42 Å². The maximum absolute atomic E-state index is 12.5. The Morgan fingerprint density at radius 3 is 2.62 bits per heavy atom. The molecule has 2 aromatic heterocycles. The standard InChI is InChI=1S/C16H17N5O2S/c1-3-13-9-16(19-12(2)18-13)20-24(22,23)15-10-17-21(11-15)14-7-5-4-6-8-14/h4-11H,3H2,1-2H3,(H,18,19,20). The van der Waals surface area contributed by atoms with Gasteiger partial charge < -0.3 is 0 Å². The van der Waals surface area contributed by atoms with Crippen LogP contribution >= 0.6 is 0 Å². The second-order valence-corrected chi connectivity index (χ2v) is 6.89. The van der Waals surface area contributed by atoms with Gasteiger partial charge in [-0.1, -0.05) is 25.1 Å². The summed E-state index contributed by atoms with van der Waals surface area (Å²) in [7, 11) is -3.77.